The van der Waals surface area contributed by atoms with Crippen molar-refractivity contribution in [3.05, 3.63) is 71.8 Å². The maximum absolute atomic E-state index is 2.73. The fraction of sp³-hybridized carbons (Fsp3) is 0.455. The lowest BCUT2D eigenvalue weighted by molar-refractivity contribution is 0.102. The largest absolute Gasteiger partial charge is 0.301 e. The van der Waals surface area contributed by atoms with E-state index in [2.05, 4.69) is 70.5 Å². The lowest BCUT2D eigenvalue weighted by Crippen LogP contribution is -2.48. The van der Waals surface area contributed by atoms with E-state index in [0.717, 1.165) is 18.5 Å². The first-order valence-corrected chi connectivity index (χ1v) is 9.43. The Morgan fingerprint density at radius 1 is 0.792 bits per heavy atom. The minimum Gasteiger partial charge on any atom is -0.301 e. The van der Waals surface area contributed by atoms with Crippen molar-refractivity contribution in [2.24, 2.45) is 5.92 Å². The molecule has 0 spiro atoms. The molecule has 2 nitrogen and oxygen atoms in total. The highest BCUT2D eigenvalue weighted by Gasteiger charge is 2.37. The molecular formula is C22H28N2. The van der Waals surface area contributed by atoms with Crippen molar-refractivity contribution in [1.82, 2.24) is 9.80 Å². The Morgan fingerprint density at radius 2 is 1.46 bits per heavy atom. The molecule has 2 saturated heterocycles. The normalized spacial score (nSPS) is 24.8. The van der Waals surface area contributed by atoms with Gasteiger partial charge in [0.05, 0.1) is 0 Å². The molecule has 0 amide bonds. The van der Waals surface area contributed by atoms with Gasteiger partial charge in [0, 0.05) is 25.7 Å². The Balaban J connectivity index is 1.34. The Bertz CT molecular complexity index is 625. The van der Waals surface area contributed by atoms with E-state index >= 15 is 0 Å². The molecule has 2 fully saturated rings. The van der Waals surface area contributed by atoms with Crippen LogP contribution in [0.2, 0.25) is 0 Å². The molecular weight excluding hydrogens is 292 g/mol. The van der Waals surface area contributed by atoms with Gasteiger partial charge in [0.2, 0.25) is 0 Å². The van der Waals surface area contributed by atoms with Crippen molar-refractivity contribution in [3.8, 4) is 0 Å². The molecule has 2 aliphatic heterocycles. The van der Waals surface area contributed by atoms with Crippen LogP contribution in [-0.4, -0.2) is 42.0 Å². The monoisotopic (exact) mass is 320 g/mol. The summed E-state index contributed by atoms with van der Waals surface area (Å²) in [5.74, 6) is 0.918. The van der Waals surface area contributed by atoms with Gasteiger partial charge >= 0.3 is 0 Å². The second kappa shape index (κ2) is 7.50. The predicted octanol–water partition coefficient (Wildman–Crippen LogP) is 3.83. The highest BCUT2D eigenvalue weighted by atomic mass is 15.3. The van der Waals surface area contributed by atoms with E-state index in [0.29, 0.717) is 0 Å². The van der Waals surface area contributed by atoms with Crippen LogP contribution in [-0.2, 0) is 13.0 Å². The summed E-state index contributed by atoms with van der Waals surface area (Å²) in [4.78, 5) is 5.42. The van der Waals surface area contributed by atoms with Crippen LogP contribution in [0.3, 0.4) is 0 Å². The fourth-order valence-electron chi connectivity index (χ4n) is 4.44. The van der Waals surface area contributed by atoms with E-state index in [-0.39, 0.29) is 0 Å². The van der Waals surface area contributed by atoms with Crippen molar-refractivity contribution in [3.63, 3.8) is 0 Å². The molecule has 0 aliphatic carbocycles. The number of likely N-dealkylation sites (tertiary alicyclic amines) is 2. The summed E-state index contributed by atoms with van der Waals surface area (Å²) >= 11 is 0. The summed E-state index contributed by atoms with van der Waals surface area (Å²) < 4.78 is 0. The smallest absolute Gasteiger partial charge is 0.0255 e. The lowest BCUT2D eigenvalue weighted by Gasteiger charge is -2.38. The average Bonchev–Trinajstić information content (AvgIpc) is 3.04. The Hall–Kier alpha value is -1.64. The number of nitrogens with zero attached hydrogens (tertiary/aromatic N) is 2. The predicted molar refractivity (Wildman–Crippen MR) is 100.0 cm³/mol. The SMILES string of the molecule is c1ccc(CCN2CC[C@@H]3CCN(Cc4ccccc4)[C@@H]3C2)cc1. The lowest BCUT2D eigenvalue weighted by atomic mass is 9.92. The zero-order chi connectivity index (χ0) is 16.2. The Kier molecular flexibility index (Phi) is 4.96. The number of piperidine rings is 1. The third-order valence-electron chi connectivity index (χ3n) is 5.85. The molecule has 2 aliphatic rings. The summed E-state index contributed by atoms with van der Waals surface area (Å²) in [6, 6.07) is 22.7. The summed E-state index contributed by atoms with van der Waals surface area (Å²) in [5, 5.41) is 0. The second-order valence-corrected chi connectivity index (χ2v) is 7.40. The zero-order valence-corrected chi connectivity index (χ0v) is 14.5. The molecule has 4 rings (SSSR count). The molecule has 0 aromatic heterocycles. The quantitative estimate of drug-likeness (QED) is 0.826. The van der Waals surface area contributed by atoms with Gasteiger partial charge in [-0.3, -0.25) is 4.90 Å². The van der Waals surface area contributed by atoms with Gasteiger partial charge in [0.25, 0.3) is 0 Å². The van der Waals surface area contributed by atoms with Gasteiger partial charge in [-0.1, -0.05) is 60.7 Å². The summed E-state index contributed by atoms with van der Waals surface area (Å²) in [5.41, 5.74) is 2.92. The van der Waals surface area contributed by atoms with Gasteiger partial charge in [-0.2, -0.15) is 0 Å². The van der Waals surface area contributed by atoms with Gasteiger partial charge in [0.15, 0.2) is 0 Å². The van der Waals surface area contributed by atoms with Crippen LogP contribution in [0.4, 0.5) is 0 Å². The van der Waals surface area contributed by atoms with Crippen LogP contribution in [0.1, 0.15) is 24.0 Å². The Morgan fingerprint density at radius 3 is 2.21 bits per heavy atom. The van der Waals surface area contributed by atoms with Gasteiger partial charge in [-0.25, -0.2) is 0 Å². The van der Waals surface area contributed by atoms with Crippen molar-refractivity contribution < 1.29 is 0 Å². The summed E-state index contributed by atoms with van der Waals surface area (Å²) in [6.45, 7) is 6.13. The number of fused-ring (bicyclic) bond motifs is 1. The average molecular weight is 320 g/mol. The summed E-state index contributed by atoms with van der Waals surface area (Å²) in [6.07, 6.45) is 3.95. The zero-order valence-electron chi connectivity index (χ0n) is 14.5. The van der Waals surface area contributed by atoms with E-state index in [4.69, 9.17) is 0 Å². The number of hydrogen-bond acceptors (Lipinski definition) is 2. The molecule has 24 heavy (non-hydrogen) atoms. The van der Waals surface area contributed by atoms with E-state index in [1.807, 2.05) is 0 Å². The standard InChI is InChI=1S/C22H28N2/c1-3-7-19(8-4-1)11-14-23-15-12-21-13-16-24(22(21)18-23)17-20-9-5-2-6-10-20/h1-10,21-22H,11-18H2/t21-,22-/m1/s1. The third-order valence-corrected chi connectivity index (χ3v) is 5.85. The van der Waals surface area contributed by atoms with Gasteiger partial charge in [-0.15, -0.1) is 0 Å². The minimum atomic E-state index is 0.759. The first kappa shape index (κ1) is 15.9. The molecule has 2 heteroatoms. The second-order valence-electron chi connectivity index (χ2n) is 7.40. The molecule has 126 valence electrons. The first-order chi connectivity index (χ1) is 11.9. The molecule has 0 unspecified atom stereocenters. The summed E-state index contributed by atoms with van der Waals surface area (Å²) in [7, 11) is 0. The van der Waals surface area contributed by atoms with Crippen LogP contribution in [0, 0.1) is 5.92 Å². The van der Waals surface area contributed by atoms with Crippen molar-refractivity contribution in [2.45, 2.75) is 31.8 Å². The highest BCUT2D eigenvalue weighted by Crippen LogP contribution is 2.32. The molecule has 2 aromatic rings. The van der Waals surface area contributed by atoms with Gasteiger partial charge < -0.3 is 4.90 Å². The molecule has 0 saturated carbocycles. The van der Waals surface area contributed by atoms with E-state index in [9.17, 15) is 0 Å². The van der Waals surface area contributed by atoms with Gasteiger partial charge in [0.1, 0.15) is 0 Å². The Labute approximate surface area is 146 Å². The fourth-order valence-corrected chi connectivity index (χ4v) is 4.44. The van der Waals surface area contributed by atoms with Crippen LogP contribution in [0.5, 0.6) is 0 Å². The van der Waals surface area contributed by atoms with Crippen LogP contribution in [0.25, 0.3) is 0 Å². The van der Waals surface area contributed by atoms with Crippen molar-refractivity contribution in [1.29, 1.82) is 0 Å². The van der Waals surface area contributed by atoms with Crippen LogP contribution in [0.15, 0.2) is 60.7 Å². The topological polar surface area (TPSA) is 6.48 Å². The van der Waals surface area contributed by atoms with E-state index in [1.165, 1.54) is 56.6 Å². The third kappa shape index (κ3) is 3.71. The number of rotatable bonds is 5. The number of hydrogen-bond donors (Lipinski definition) is 0. The first-order valence-electron chi connectivity index (χ1n) is 9.43. The minimum absolute atomic E-state index is 0.759. The molecule has 0 N–H and O–H groups in total. The molecule has 2 aromatic carbocycles. The van der Waals surface area contributed by atoms with Crippen LogP contribution >= 0.6 is 0 Å². The van der Waals surface area contributed by atoms with Gasteiger partial charge in [-0.05, 0) is 49.4 Å². The molecule has 2 heterocycles. The van der Waals surface area contributed by atoms with E-state index < -0.39 is 0 Å². The van der Waals surface area contributed by atoms with Crippen LogP contribution < -0.4 is 0 Å². The highest BCUT2D eigenvalue weighted by molar-refractivity contribution is 5.16. The maximum Gasteiger partial charge on any atom is 0.0255 e. The van der Waals surface area contributed by atoms with Crippen molar-refractivity contribution in [2.75, 3.05) is 26.2 Å². The molecule has 0 bridgehead atoms. The van der Waals surface area contributed by atoms with Crippen molar-refractivity contribution >= 4 is 0 Å². The molecule has 0 radical (unpaired) electrons. The number of benzene rings is 2. The molecule has 2 atom stereocenters. The van der Waals surface area contributed by atoms with E-state index in [1.54, 1.807) is 0 Å². The maximum atomic E-state index is 2.73.